The maximum Gasteiger partial charge on any atom is 0.408 e. The molecule has 3 atom stereocenters. The molecule has 0 aromatic heterocycles. The van der Waals surface area contributed by atoms with Gasteiger partial charge in [0.25, 0.3) is 0 Å². The Kier molecular flexibility index (Phi) is 5.86. The van der Waals surface area contributed by atoms with Crippen LogP contribution in [0.1, 0.15) is 25.7 Å². The van der Waals surface area contributed by atoms with Gasteiger partial charge in [-0.25, -0.2) is 0 Å². The molecule has 0 aromatic rings. The van der Waals surface area contributed by atoms with Crippen LogP contribution in [-0.2, 0) is 9.59 Å². The summed E-state index contributed by atoms with van der Waals surface area (Å²) in [6, 6.07) is -2.00. The topological polar surface area (TPSA) is 84.2 Å². The van der Waals surface area contributed by atoms with E-state index < -0.39 is 30.0 Å². The predicted molar refractivity (Wildman–Crippen MR) is 71.7 cm³/mol. The highest BCUT2D eigenvalue weighted by Crippen LogP contribution is 2.31. The Morgan fingerprint density at radius 3 is 2.43 bits per heavy atom. The second kappa shape index (κ2) is 6.83. The molecule has 1 heterocycles. The number of carbonyl (C=O) groups excluding carboxylic acids is 2. The lowest BCUT2D eigenvalue weighted by molar-refractivity contribution is -0.171. The van der Waals surface area contributed by atoms with Gasteiger partial charge in [-0.15, -0.1) is 12.4 Å². The number of halogens is 4. The van der Waals surface area contributed by atoms with E-state index in [1.807, 2.05) is 5.32 Å². The molecule has 1 aliphatic heterocycles. The van der Waals surface area contributed by atoms with E-state index in [9.17, 15) is 22.8 Å². The van der Waals surface area contributed by atoms with E-state index in [4.69, 9.17) is 5.73 Å². The molecule has 4 N–H and O–H groups in total. The van der Waals surface area contributed by atoms with Gasteiger partial charge in [-0.1, -0.05) is 0 Å². The van der Waals surface area contributed by atoms with Crippen LogP contribution < -0.4 is 16.4 Å². The minimum atomic E-state index is -4.47. The summed E-state index contributed by atoms with van der Waals surface area (Å²) in [6.07, 6.45) is -2.77. The van der Waals surface area contributed by atoms with Gasteiger partial charge in [-0.2, -0.15) is 13.2 Å². The minimum absolute atomic E-state index is 0. The maximum absolute atomic E-state index is 12.5. The van der Waals surface area contributed by atoms with E-state index in [0.29, 0.717) is 5.92 Å². The SMILES string of the molecule is Cl.NC(CNC(=O)C1CCC(C(F)(F)F)NC1=O)C1CC1. The second-order valence-corrected chi connectivity index (χ2v) is 5.48. The van der Waals surface area contributed by atoms with Gasteiger partial charge in [-0.3, -0.25) is 9.59 Å². The Balaban J connectivity index is 0.00000220. The van der Waals surface area contributed by atoms with E-state index in [1.165, 1.54) is 0 Å². The van der Waals surface area contributed by atoms with E-state index in [1.54, 1.807) is 0 Å². The lowest BCUT2D eigenvalue weighted by Gasteiger charge is -2.30. The van der Waals surface area contributed by atoms with Crippen LogP contribution in [-0.4, -0.2) is 36.6 Å². The zero-order chi connectivity index (χ0) is 14.9. The van der Waals surface area contributed by atoms with Gasteiger partial charge in [0, 0.05) is 12.6 Å². The third-order valence-corrected chi connectivity index (χ3v) is 3.83. The number of carbonyl (C=O) groups is 2. The summed E-state index contributed by atoms with van der Waals surface area (Å²) in [5.74, 6) is -2.06. The molecule has 2 amide bonds. The molecule has 5 nitrogen and oxygen atoms in total. The molecule has 21 heavy (non-hydrogen) atoms. The molecule has 1 saturated carbocycles. The monoisotopic (exact) mass is 329 g/mol. The number of nitrogens with two attached hydrogens (primary N) is 1. The highest BCUT2D eigenvalue weighted by molar-refractivity contribution is 6.00. The minimum Gasteiger partial charge on any atom is -0.354 e. The third-order valence-electron chi connectivity index (χ3n) is 3.83. The average molecular weight is 330 g/mol. The van der Waals surface area contributed by atoms with E-state index in [-0.39, 0.29) is 37.8 Å². The molecule has 9 heteroatoms. The van der Waals surface area contributed by atoms with Crippen molar-refractivity contribution in [1.82, 2.24) is 10.6 Å². The quantitative estimate of drug-likeness (QED) is 0.664. The Morgan fingerprint density at radius 2 is 1.95 bits per heavy atom. The zero-order valence-electron chi connectivity index (χ0n) is 11.3. The fourth-order valence-electron chi connectivity index (χ4n) is 2.34. The molecule has 122 valence electrons. The van der Waals surface area contributed by atoms with Gasteiger partial charge >= 0.3 is 6.18 Å². The molecular weight excluding hydrogens is 311 g/mol. The van der Waals surface area contributed by atoms with E-state index in [2.05, 4.69) is 5.32 Å². The fraction of sp³-hybridized carbons (Fsp3) is 0.833. The molecule has 1 saturated heterocycles. The Hall–Kier alpha value is -1.02. The highest BCUT2D eigenvalue weighted by Gasteiger charge is 2.45. The Morgan fingerprint density at radius 1 is 1.33 bits per heavy atom. The summed E-state index contributed by atoms with van der Waals surface area (Å²) >= 11 is 0. The summed E-state index contributed by atoms with van der Waals surface area (Å²) in [7, 11) is 0. The Labute approximate surface area is 126 Å². The summed E-state index contributed by atoms with van der Waals surface area (Å²) in [5.41, 5.74) is 5.81. The normalized spacial score (nSPS) is 27.3. The van der Waals surface area contributed by atoms with E-state index >= 15 is 0 Å². The molecule has 2 rings (SSSR count). The van der Waals surface area contributed by atoms with Gasteiger partial charge in [0.15, 0.2) is 0 Å². The first-order valence-corrected chi connectivity index (χ1v) is 6.69. The van der Waals surface area contributed by atoms with Crippen LogP contribution in [0.3, 0.4) is 0 Å². The van der Waals surface area contributed by atoms with Crippen LogP contribution in [0, 0.1) is 11.8 Å². The van der Waals surface area contributed by atoms with Crippen LogP contribution in [0.4, 0.5) is 13.2 Å². The lowest BCUT2D eigenvalue weighted by atomic mass is 9.92. The first kappa shape index (κ1) is 18.0. The van der Waals surface area contributed by atoms with Crippen LogP contribution in [0.15, 0.2) is 0 Å². The smallest absolute Gasteiger partial charge is 0.354 e. The zero-order valence-corrected chi connectivity index (χ0v) is 12.1. The Bertz CT molecular complexity index is 402. The summed E-state index contributed by atoms with van der Waals surface area (Å²) in [6.45, 7) is 0.260. The van der Waals surface area contributed by atoms with Gasteiger partial charge in [0.1, 0.15) is 12.0 Å². The molecule has 2 fully saturated rings. The number of rotatable bonds is 4. The highest BCUT2D eigenvalue weighted by atomic mass is 35.5. The van der Waals surface area contributed by atoms with Gasteiger partial charge in [-0.05, 0) is 31.6 Å². The molecule has 0 radical (unpaired) electrons. The van der Waals surface area contributed by atoms with Crippen molar-refractivity contribution in [3.8, 4) is 0 Å². The number of amides is 2. The van der Waals surface area contributed by atoms with Crippen molar-refractivity contribution < 1.29 is 22.8 Å². The number of hydrogen-bond acceptors (Lipinski definition) is 3. The van der Waals surface area contributed by atoms with Gasteiger partial charge in [0.05, 0.1) is 0 Å². The molecule has 1 aliphatic carbocycles. The van der Waals surface area contributed by atoms with Crippen LogP contribution in [0.5, 0.6) is 0 Å². The van der Waals surface area contributed by atoms with Crippen molar-refractivity contribution in [3.63, 3.8) is 0 Å². The summed E-state index contributed by atoms with van der Waals surface area (Å²) < 4.78 is 37.4. The first-order chi connectivity index (χ1) is 9.29. The molecule has 0 bridgehead atoms. The molecule has 0 aromatic carbocycles. The summed E-state index contributed by atoms with van der Waals surface area (Å²) in [5, 5.41) is 4.41. The predicted octanol–water partition coefficient (Wildman–Crippen LogP) is 0.719. The molecule has 2 aliphatic rings. The van der Waals surface area contributed by atoms with Crippen molar-refractivity contribution in [2.24, 2.45) is 17.6 Å². The van der Waals surface area contributed by atoms with Crippen LogP contribution >= 0.6 is 12.4 Å². The average Bonchev–Trinajstić information content (AvgIpc) is 3.18. The van der Waals surface area contributed by atoms with Crippen molar-refractivity contribution in [1.29, 1.82) is 0 Å². The largest absolute Gasteiger partial charge is 0.408 e. The van der Waals surface area contributed by atoms with Crippen LogP contribution in [0.2, 0.25) is 0 Å². The maximum atomic E-state index is 12.5. The molecule has 0 spiro atoms. The van der Waals surface area contributed by atoms with Crippen molar-refractivity contribution in [3.05, 3.63) is 0 Å². The molecule has 3 unspecified atom stereocenters. The number of nitrogens with one attached hydrogen (secondary N) is 2. The van der Waals surface area contributed by atoms with E-state index in [0.717, 1.165) is 12.8 Å². The molecular formula is C12H19ClF3N3O2. The summed E-state index contributed by atoms with van der Waals surface area (Å²) in [4.78, 5) is 23.4. The number of alkyl halides is 3. The van der Waals surface area contributed by atoms with Crippen molar-refractivity contribution in [2.45, 2.75) is 43.9 Å². The number of hydrogen-bond donors (Lipinski definition) is 3. The third kappa shape index (κ3) is 4.74. The standard InChI is InChI=1S/C12H18F3N3O2.ClH/c13-12(14,15)9-4-3-7(11(20)18-9)10(19)17-5-8(16)6-1-2-6;/h6-9H,1-5,16H2,(H,17,19)(H,18,20);1H. The van der Waals surface area contributed by atoms with Gasteiger partial charge in [0.2, 0.25) is 11.8 Å². The fourth-order valence-corrected chi connectivity index (χ4v) is 2.34. The lowest BCUT2D eigenvalue weighted by Crippen LogP contribution is -2.55. The van der Waals surface area contributed by atoms with Gasteiger partial charge < -0.3 is 16.4 Å². The number of piperidine rings is 1. The van der Waals surface area contributed by atoms with Crippen molar-refractivity contribution >= 4 is 24.2 Å². The van der Waals surface area contributed by atoms with Crippen LogP contribution in [0.25, 0.3) is 0 Å². The first-order valence-electron chi connectivity index (χ1n) is 6.69. The second-order valence-electron chi connectivity index (χ2n) is 5.48. The van der Waals surface area contributed by atoms with Crippen molar-refractivity contribution in [2.75, 3.05) is 6.54 Å².